The molecule has 0 bridgehead atoms. The van der Waals surface area contributed by atoms with Gasteiger partial charge in [-0.15, -0.1) is 0 Å². The van der Waals surface area contributed by atoms with Gasteiger partial charge in [-0.05, 0) is 12.1 Å². The standard InChI is InChI=1S/C13H14F3NO4/c14-13(15,16)8-17(6-12(18)19)5-9-7-20-10-3-1-2-4-11(10)21-9/h1-4,9H,5-8H2,(H,18,19). The summed E-state index contributed by atoms with van der Waals surface area (Å²) in [6.45, 7) is -2.12. The van der Waals surface area contributed by atoms with Gasteiger partial charge in [-0.1, -0.05) is 12.1 Å². The number of benzene rings is 1. The first-order chi connectivity index (χ1) is 9.83. The van der Waals surface area contributed by atoms with Gasteiger partial charge in [0.05, 0.1) is 13.1 Å². The first-order valence-electron chi connectivity index (χ1n) is 6.23. The van der Waals surface area contributed by atoms with Crippen LogP contribution in [0.25, 0.3) is 0 Å². The van der Waals surface area contributed by atoms with Crippen LogP contribution in [0.1, 0.15) is 0 Å². The van der Waals surface area contributed by atoms with Gasteiger partial charge in [0.1, 0.15) is 12.7 Å². The van der Waals surface area contributed by atoms with Crippen LogP contribution in [-0.4, -0.2) is 54.5 Å². The number of alkyl halides is 3. The highest BCUT2D eigenvalue weighted by Gasteiger charge is 2.33. The molecule has 21 heavy (non-hydrogen) atoms. The van der Waals surface area contributed by atoms with Crippen LogP contribution in [-0.2, 0) is 4.79 Å². The highest BCUT2D eigenvalue weighted by Crippen LogP contribution is 2.31. The van der Waals surface area contributed by atoms with Gasteiger partial charge in [-0.25, -0.2) is 0 Å². The van der Waals surface area contributed by atoms with Crippen molar-refractivity contribution in [3.63, 3.8) is 0 Å². The van der Waals surface area contributed by atoms with E-state index in [1.165, 1.54) is 0 Å². The molecule has 1 heterocycles. The quantitative estimate of drug-likeness (QED) is 0.898. The largest absolute Gasteiger partial charge is 0.486 e. The summed E-state index contributed by atoms with van der Waals surface area (Å²) in [5, 5.41) is 8.69. The van der Waals surface area contributed by atoms with E-state index in [2.05, 4.69) is 0 Å². The number of para-hydroxylation sites is 2. The molecule has 5 nitrogen and oxygen atoms in total. The van der Waals surface area contributed by atoms with E-state index in [0.717, 1.165) is 4.90 Å². The number of carboxylic acid groups (broad SMARTS) is 1. The van der Waals surface area contributed by atoms with Crippen molar-refractivity contribution >= 4 is 5.97 Å². The maximum absolute atomic E-state index is 12.4. The molecule has 0 amide bonds. The molecule has 1 unspecified atom stereocenters. The van der Waals surface area contributed by atoms with Crippen LogP contribution < -0.4 is 9.47 Å². The molecule has 116 valence electrons. The van der Waals surface area contributed by atoms with Gasteiger partial charge >= 0.3 is 12.1 Å². The summed E-state index contributed by atoms with van der Waals surface area (Å²) in [5.41, 5.74) is 0. The third-order valence-corrected chi connectivity index (χ3v) is 2.79. The van der Waals surface area contributed by atoms with Crippen molar-refractivity contribution in [3.05, 3.63) is 24.3 Å². The molecule has 2 rings (SSSR count). The molecule has 0 aliphatic carbocycles. The van der Waals surface area contributed by atoms with Crippen molar-refractivity contribution in [3.8, 4) is 11.5 Å². The maximum Gasteiger partial charge on any atom is 0.401 e. The second-order valence-corrected chi connectivity index (χ2v) is 4.68. The number of aliphatic carboxylic acids is 1. The van der Waals surface area contributed by atoms with Crippen LogP contribution in [0.5, 0.6) is 11.5 Å². The average molecular weight is 305 g/mol. The summed E-state index contributed by atoms with van der Waals surface area (Å²) in [6.07, 6.45) is -5.12. The molecule has 0 aromatic heterocycles. The average Bonchev–Trinajstić information content (AvgIpc) is 2.35. The van der Waals surface area contributed by atoms with Crippen molar-refractivity contribution in [2.45, 2.75) is 12.3 Å². The minimum atomic E-state index is -4.47. The molecule has 1 aliphatic heterocycles. The fourth-order valence-electron chi connectivity index (χ4n) is 2.07. The van der Waals surface area contributed by atoms with Crippen molar-refractivity contribution in [2.75, 3.05) is 26.2 Å². The molecule has 1 aromatic rings. The van der Waals surface area contributed by atoms with Crippen molar-refractivity contribution in [1.29, 1.82) is 0 Å². The highest BCUT2D eigenvalue weighted by atomic mass is 19.4. The lowest BCUT2D eigenvalue weighted by Gasteiger charge is -2.30. The lowest BCUT2D eigenvalue weighted by atomic mass is 10.2. The SMILES string of the molecule is O=C(O)CN(CC1COc2ccccc2O1)CC(F)(F)F. The lowest BCUT2D eigenvalue weighted by Crippen LogP contribution is -2.46. The van der Waals surface area contributed by atoms with Gasteiger partial charge in [-0.2, -0.15) is 13.2 Å². The second kappa shape index (κ2) is 6.21. The van der Waals surface area contributed by atoms with Gasteiger partial charge in [0.15, 0.2) is 11.5 Å². The van der Waals surface area contributed by atoms with E-state index in [9.17, 15) is 18.0 Å². The number of ether oxygens (including phenoxy) is 2. The maximum atomic E-state index is 12.4. The third-order valence-electron chi connectivity index (χ3n) is 2.79. The summed E-state index contributed by atoms with van der Waals surface area (Å²) in [6, 6.07) is 6.81. The van der Waals surface area contributed by atoms with E-state index in [-0.39, 0.29) is 13.2 Å². The van der Waals surface area contributed by atoms with Crippen molar-refractivity contribution < 1.29 is 32.5 Å². The van der Waals surface area contributed by atoms with Crippen LogP contribution in [0.2, 0.25) is 0 Å². The summed E-state index contributed by atoms with van der Waals surface area (Å²) >= 11 is 0. The molecular weight excluding hydrogens is 291 g/mol. The summed E-state index contributed by atoms with van der Waals surface area (Å²) in [5.74, 6) is -0.359. The number of fused-ring (bicyclic) bond motifs is 1. The number of carboxylic acids is 1. The van der Waals surface area contributed by atoms with Crippen LogP contribution in [0, 0.1) is 0 Å². The first-order valence-corrected chi connectivity index (χ1v) is 6.23. The fourth-order valence-corrected chi connectivity index (χ4v) is 2.07. The predicted octanol–water partition coefficient (Wildman–Crippen LogP) is 1.78. The van der Waals surface area contributed by atoms with E-state index in [4.69, 9.17) is 14.6 Å². The van der Waals surface area contributed by atoms with E-state index in [1.807, 2.05) is 0 Å². The Hall–Kier alpha value is -1.96. The van der Waals surface area contributed by atoms with Gasteiger partial charge in [0.2, 0.25) is 0 Å². The minimum Gasteiger partial charge on any atom is -0.486 e. The normalized spacial score (nSPS) is 17.8. The fraction of sp³-hybridized carbons (Fsp3) is 0.462. The van der Waals surface area contributed by atoms with E-state index < -0.39 is 31.3 Å². The number of halogens is 3. The zero-order valence-corrected chi connectivity index (χ0v) is 11.0. The Kier molecular flexibility index (Phi) is 4.56. The Morgan fingerprint density at radius 3 is 2.62 bits per heavy atom. The summed E-state index contributed by atoms with van der Waals surface area (Å²) in [4.78, 5) is 11.4. The van der Waals surface area contributed by atoms with E-state index in [1.54, 1.807) is 24.3 Å². The van der Waals surface area contributed by atoms with Gasteiger partial charge in [-0.3, -0.25) is 9.69 Å². The monoisotopic (exact) mass is 305 g/mol. The van der Waals surface area contributed by atoms with Crippen molar-refractivity contribution in [2.24, 2.45) is 0 Å². The van der Waals surface area contributed by atoms with E-state index in [0.29, 0.717) is 11.5 Å². The van der Waals surface area contributed by atoms with Crippen LogP contribution >= 0.6 is 0 Å². The Balaban J connectivity index is 1.99. The smallest absolute Gasteiger partial charge is 0.401 e. The van der Waals surface area contributed by atoms with Crippen LogP contribution in [0.15, 0.2) is 24.3 Å². The Bertz CT molecular complexity index is 506. The molecule has 8 heteroatoms. The van der Waals surface area contributed by atoms with Crippen molar-refractivity contribution in [1.82, 2.24) is 4.90 Å². The zero-order valence-electron chi connectivity index (χ0n) is 11.0. The molecule has 0 fully saturated rings. The van der Waals surface area contributed by atoms with Gasteiger partial charge in [0.25, 0.3) is 0 Å². The first kappa shape index (κ1) is 15.4. The Morgan fingerprint density at radius 1 is 1.33 bits per heavy atom. The molecule has 0 saturated heterocycles. The lowest BCUT2D eigenvalue weighted by molar-refractivity contribution is -0.156. The summed E-state index contributed by atoms with van der Waals surface area (Å²) < 4.78 is 48.3. The third kappa shape index (κ3) is 4.82. The molecule has 0 spiro atoms. The van der Waals surface area contributed by atoms with Crippen LogP contribution in [0.3, 0.4) is 0 Å². The van der Waals surface area contributed by atoms with Gasteiger partial charge in [0, 0.05) is 6.54 Å². The van der Waals surface area contributed by atoms with Crippen LogP contribution in [0.4, 0.5) is 13.2 Å². The number of nitrogens with zero attached hydrogens (tertiary/aromatic N) is 1. The summed E-state index contributed by atoms with van der Waals surface area (Å²) in [7, 11) is 0. The molecule has 1 atom stereocenters. The number of hydrogen-bond donors (Lipinski definition) is 1. The zero-order chi connectivity index (χ0) is 15.5. The molecule has 0 radical (unpaired) electrons. The molecule has 1 N–H and O–H groups in total. The number of hydrogen-bond acceptors (Lipinski definition) is 4. The highest BCUT2D eigenvalue weighted by molar-refractivity contribution is 5.69. The molecule has 0 saturated carbocycles. The molecule has 1 aromatic carbocycles. The Morgan fingerprint density at radius 2 is 2.00 bits per heavy atom. The minimum absolute atomic E-state index is 0.0744. The molecule has 1 aliphatic rings. The second-order valence-electron chi connectivity index (χ2n) is 4.68. The predicted molar refractivity (Wildman–Crippen MR) is 66.5 cm³/mol. The molecular formula is C13H14F3NO4. The Labute approximate surface area is 118 Å². The number of rotatable bonds is 5. The topological polar surface area (TPSA) is 59.0 Å². The number of carbonyl (C=O) groups is 1. The van der Waals surface area contributed by atoms with E-state index >= 15 is 0 Å². The van der Waals surface area contributed by atoms with Gasteiger partial charge < -0.3 is 14.6 Å².